The van der Waals surface area contributed by atoms with E-state index in [1.165, 1.54) is 6.20 Å². The van der Waals surface area contributed by atoms with E-state index >= 15 is 0 Å². The second kappa shape index (κ2) is 12.0. The Hall–Kier alpha value is -2.77. The summed E-state index contributed by atoms with van der Waals surface area (Å²) < 4.78 is 25.7. The molecule has 1 aliphatic rings. The van der Waals surface area contributed by atoms with Crippen LogP contribution >= 0.6 is 22.9 Å². The summed E-state index contributed by atoms with van der Waals surface area (Å²) in [7, 11) is -1.39. The lowest BCUT2D eigenvalue weighted by Gasteiger charge is -2.31. The van der Waals surface area contributed by atoms with Crippen LogP contribution in [0.2, 0.25) is 5.02 Å². The molecule has 0 spiro atoms. The Kier molecular flexibility index (Phi) is 8.89. The van der Waals surface area contributed by atoms with Crippen molar-refractivity contribution in [3.05, 3.63) is 46.4 Å². The molecule has 0 aliphatic carbocycles. The highest BCUT2D eigenvalue weighted by molar-refractivity contribution is 7.94. The van der Waals surface area contributed by atoms with Gasteiger partial charge in [-0.2, -0.15) is 4.98 Å². The molecule has 2 aromatic heterocycles. The third-order valence-electron chi connectivity index (χ3n) is 6.24. The Morgan fingerprint density at radius 2 is 1.87 bits per heavy atom. The van der Waals surface area contributed by atoms with Crippen LogP contribution in [0.1, 0.15) is 19.4 Å². The number of carbonyl (C=O) groups is 1. The SMILES string of the molecule is Cc1ccc(NC(=O)CN2CCN(C)CC2)cc1Nc1ncc(Cl)c(Nc2ccsc2S(=O)(=O)C(C)C)n1. The fraction of sp³-hybridized carbons (Fsp3) is 0.400. The van der Waals surface area contributed by atoms with Crippen LogP contribution in [0.5, 0.6) is 0 Å². The summed E-state index contributed by atoms with van der Waals surface area (Å²) >= 11 is 7.48. The van der Waals surface area contributed by atoms with Gasteiger partial charge in [0.1, 0.15) is 9.23 Å². The summed E-state index contributed by atoms with van der Waals surface area (Å²) in [6.07, 6.45) is 1.44. The van der Waals surface area contributed by atoms with Crippen LogP contribution in [0.3, 0.4) is 0 Å². The van der Waals surface area contributed by atoms with Gasteiger partial charge in [0.2, 0.25) is 11.9 Å². The van der Waals surface area contributed by atoms with Crippen molar-refractivity contribution in [1.82, 2.24) is 19.8 Å². The zero-order valence-corrected chi connectivity index (χ0v) is 24.2. The molecule has 0 saturated carbocycles. The molecule has 0 unspecified atom stereocenters. The monoisotopic (exact) mass is 577 g/mol. The molecule has 0 radical (unpaired) electrons. The highest BCUT2D eigenvalue weighted by Crippen LogP contribution is 2.34. The zero-order chi connectivity index (χ0) is 27.4. The summed E-state index contributed by atoms with van der Waals surface area (Å²) in [5, 5.41) is 10.6. The van der Waals surface area contributed by atoms with Crippen molar-refractivity contribution in [3.8, 4) is 0 Å². The van der Waals surface area contributed by atoms with Gasteiger partial charge in [-0.05, 0) is 57.0 Å². The molecule has 3 aromatic rings. The van der Waals surface area contributed by atoms with Crippen molar-refractivity contribution in [3.63, 3.8) is 0 Å². The molecular weight excluding hydrogens is 546 g/mol. The summed E-state index contributed by atoms with van der Waals surface area (Å²) in [5.41, 5.74) is 2.72. The lowest BCUT2D eigenvalue weighted by atomic mass is 10.2. The number of sulfone groups is 1. The average Bonchev–Trinajstić information content (AvgIpc) is 3.33. The molecule has 1 fully saturated rings. The lowest BCUT2D eigenvalue weighted by molar-refractivity contribution is -0.117. The van der Waals surface area contributed by atoms with Gasteiger partial charge in [-0.3, -0.25) is 9.69 Å². The number of halogens is 1. The third kappa shape index (κ3) is 6.80. The number of hydrogen-bond acceptors (Lipinski definition) is 10. The van der Waals surface area contributed by atoms with Crippen LogP contribution < -0.4 is 16.0 Å². The third-order valence-corrected chi connectivity index (χ3v) is 10.2. The van der Waals surface area contributed by atoms with Gasteiger partial charge in [-0.1, -0.05) is 17.7 Å². The standard InChI is InChI=1S/C25H32ClN7O3S2/c1-16(2)38(35,36)24-20(7-12-37-24)29-23-19(26)14-27-25(31-23)30-21-13-18(6-5-17(21)3)28-22(34)15-33-10-8-32(4)9-11-33/h5-7,12-14,16H,8-11,15H2,1-4H3,(H,28,34)(H2,27,29,30,31). The molecule has 1 aromatic carbocycles. The largest absolute Gasteiger partial charge is 0.337 e. The first-order valence-electron chi connectivity index (χ1n) is 12.2. The van der Waals surface area contributed by atoms with Crippen molar-refractivity contribution in [2.24, 2.45) is 0 Å². The van der Waals surface area contributed by atoms with Crippen LogP contribution in [0, 0.1) is 6.92 Å². The minimum absolute atomic E-state index is 0.0681. The quantitative estimate of drug-likeness (QED) is 0.341. The Morgan fingerprint density at radius 3 is 2.58 bits per heavy atom. The van der Waals surface area contributed by atoms with E-state index in [1.807, 2.05) is 25.1 Å². The molecule has 10 nitrogen and oxygen atoms in total. The van der Waals surface area contributed by atoms with Crippen molar-refractivity contribution in [2.75, 3.05) is 55.7 Å². The first-order valence-corrected chi connectivity index (χ1v) is 15.0. The second-order valence-corrected chi connectivity index (χ2v) is 13.5. The van der Waals surface area contributed by atoms with Crippen LogP contribution in [0.4, 0.5) is 28.8 Å². The van der Waals surface area contributed by atoms with Crippen molar-refractivity contribution < 1.29 is 13.2 Å². The van der Waals surface area contributed by atoms with Crippen molar-refractivity contribution >= 4 is 67.5 Å². The van der Waals surface area contributed by atoms with Crippen LogP contribution in [-0.2, 0) is 14.6 Å². The number of nitrogens with zero attached hydrogens (tertiary/aromatic N) is 4. The topological polar surface area (TPSA) is 120 Å². The van der Waals surface area contributed by atoms with E-state index in [-0.39, 0.29) is 26.9 Å². The van der Waals surface area contributed by atoms with Gasteiger partial charge in [0.25, 0.3) is 0 Å². The summed E-state index contributed by atoms with van der Waals surface area (Å²) in [6.45, 7) is 9.19. The van der Waals surface area contributed by atoms with E-state index < -0.39 is 15.1 Å². The van der Waals surface area contributed by atoms with E-state index in [0.717, 1.165) is 43.1 Å². The predicted octanol–water partition coefficient (Wildman–Crippen LogP) is 4.36. The molecule has 0 atom stereocenters. The molecule has 1 saturated heterocycles. The maximum atomic E-state index is 12.7. The number of carbonyl (C=O) groups excluding carboxylic acids is 1. The number of piperazine rings is 1. The number of thiophene rings is 1. The van der Waals surface area contributed by atoms with E-state index in [2.05, 4.69) is 42.8 Å². The van der Waals surface area contributed by atoms with Gasteiger partial charge in [-0.25, -0.2) is 13.4 Å². The van der Waals surface area contributed by atoms with Gasteiger partial charge in [0.15, 0.2) is 15.7 Å². The van der Waals surface area contributed by atoms with Gasteiger partial charge < -0.3 is 20.9 Å². The normalized spacial score (nSPS) is 15.0. The fourth-order valence-electron chi connectivity index (χ4n) is 3.83. The maximum Gasteiger partial charge on any atom is 0.238 e. The summed E-state index contributed by atoms with van der Waals surface area (Å²) in [5.74, 6) is 0.475. The molecule has 0 bridgehead atoms. The van der Waals surface area contributed by atoms with Crippen LogP contribution in [0.15, 0.2) is 40.1 Å². The number of nitrogens with one attached hydrogen (secondary N) is 3. The number of aryl methyl sites for hydroxylation is 1. The summed E-state index contributed by atoms with van der Waals surface area (Å²) in [4.78, 5) is 25.7. The van der Waals surface area contributed by atoms with E-state index in [9.17, 15) is 13.2 Å². The highest BCUT2D eigenvalue weighted by Gasteiger charge is 2.25. The minimum Gasteiger partial charge on any atom is -0.337 e. The smallest absolute Gasteiger partial charge is 0.238 e. The number of amides is 1. The molecule has 204 valence electrons. The molecular formula is C25H32ClN7O3S2. The van der Waals surface area contributed by atoms with Gasteiger partial charge in [-0.15, -0.1) is 11.3 Å². The Labute approximate surface area is 232 Å². The number of benzene rings is 1. The summed E-state index contributed by atoms with van der Waals surface area (Å²) in [6, 6.07) is 7.26. The molecule has 3 N–H and O–H groups in total. The highest BCUT2D eigenvalue weighted by atomic mass is 35.5. The Morgan fingerprint density at radius 1 is 1.13 bits per heavy atom. The van der Waals surface area contributed by atoms with E-state index in [1.54, 1.807) is 25.3 Å². The number of anilines is 5. The van der Waals surface area contributed by atoms with Crippen LogP contribution in [0.25, 0.3) is 0 Å². The average molecular weight is 578 g/mol. The van der Waals surface area contributed by atoms with Gasteiger partial charge in [0, 0.05) is 37.6 Å². The maximum absolute atomic E-state index is 12.7. The van der Waals surface area contributed by atoms with Crippen LogP contribution in [-0.4, -0.2) is 79.1 Å². The van der Waals surface area contributed by atoms with Gasteiger partial charge in [0.05, 0.1) is 23.7 Å². The molecule has 13 heteroatoms. The molecule has 1 aliphatic heterocycles. The van der Waals surface area contributed by atoms with E-state index in [4.69, 9.17) is 11.6 Å². The number of hydrogen-bond donors (Lipinski definition) is 3. The number of rotatable bonds is 9. The Balaban J connectivity index is 1.47. The number of likely N-dealkylation sites (N-methyl/N-ethyl adjacent to an activating group) is 1. The molecule has 38 heavy (non-hydrogen) atoms. The minimum atomic E-state index is -3.47. The first kappa shape index (κ1) is 28.2. The molecule has 4 rings (SSSR count). The fourth-order valence-corrected chi connectivity index (χ4v) is 6.68. The Bertz CT molecular complexity index is 1400. The number of aromatic nitrogens is 2. The van der Waals surface area contributed by atoms with Gasteiger partial charge >= 0.3 is 0 Å². The first-order chi connectivity index (χ1) is 18.0. The van der Waals surface area contributed by atoms with Crippen molar-refractivity contribution in [1.29, 1.82) is 0 Å². The lowest BCUT2D eigenvalue weighted by Crippen LogP contribution is -2.47. The molecule has 1 amide bonds. The predicted molar refractivity (Wildman–Crippen MR) is 154 cm³/mol. The molecule has 3 heterocycles. The van der Waals surface area contributed by atoms with E-state index in [0.29, 0.717) is 23.6 Å². The zero-order valence-electron chi connectivity index (χ0n) is 21.8. The second-order valence-electron chi connectivity index (χ2n) is 9.51. The van der Waals surface area contributed by atoms with Crippen molar-refractivity contribution in [2.45, 2.75) is 30.2 Å².